The van der Waals surface area contributed by atoms with E-state index in [1.54, 1.807) is 23.0 Å². The van der Waals surface area contributed by atoms with E-state index >= 15 is 0 Å². The molecule has 0 aliphatic carbocycles. The highest BCUT2D eigenvalue weighted by Crippen LogP contribution is 2.28. The van der Waals surface area contributed by atoms with E-state index < -0.39 is 0 Å². The van der Waals surface area contributed by atoms with Crippen molar-refractivity contribution in [2.24, 2.45) is 0 Å². The predicted octanol–water partition coefficient (Wildman–Crippen LogP) is 3.80. The number of amides is 1. The molecule has 1 fully saturated rings. The fourth-order valence-electron chi connectivity index (χ4n) is 3.31. The van der Waals surface area contributed by atoms with Gasteiger partial charge in [-0.05, 0) is 18.6 Å². The van der Waals surface area contributed by atoms with Gasteiger partial charge < -0.3 is 9.42 Å². The molecule has 5 rings (SSSR count). The number of halogens is 1. The molecule has 1 aromatic carbocycles. The van der Waals surface area contributed by atoms with Crippen molar-refractivity contribution in [3.63, 3.8) is 0 Å². The van der Waals surface area contributed by atoms with Gasteiger partial charge >= 0.3 is 0 Å². The van der Waals surface area contributed by atoms with Crippen molar-refractivity contribution in [1.29, 1.82) is 0 Å². The van der Waals surface area contributed by atoms with Crippen LogP contribution in [0.1, 0.15) is 22.1 Å². The first-order valence-corrected chi connectivity index (χ1v) is 10.2. The predicted molar refractivity (Wildman–Crippen MR) is 108 cm³/mol. The normalized spacial score (nSPS) is 16.4. The van der Waals surface area contributed by atoms with Crippen LogP contribution < -0.4 is 0 Å². The van der Waals surface area contributed by atoms with Crippen LogP contribution in [0.25, 0.3) is 23.0 Å². The van der Waals surface area contributed by atoms with Crippen molar-refractivity contribution < 1.29 is 9.32 Å². The van der Waals surface area contributed by atoms with Crippen molar-refractivity contribution in [3.05, 3.63) is 57.9 Å². The van der Waals surface area contributed by atoms with E-state index in [4.69, 9.17) is 16.1 Å². The van der Waals surface area contributed by atoms with Crippen molar-refractivity contribution in [1.82, 2.24) is 30.0 Å². The van der Waals surface area contributed by atoms with Gasteiger partial charge in [-0.3, -0.25) is 4.79 Å². The minimum Gasteiger partial charge on any atom is -0.336 e. The molecule has 0 N–H and O–H groups in total. The van der Waals surface area contributed by atoms with Crippen molar-refractivity contribution in [3.8, 4) is 23.0 Å². The molecule has 1 aliphatic rings. The van der Waals surface area contributed by atoms with Crippen molar-refractivity contribution in [2.45, 2.75) is 12.5 Å². The maximum Gasteiger partial charge on any atom is 0.280 e. The zero-order valence-corrected chi connectivity index (χ0v) is 16.7. The molecule has 146 valence electrons. The minimum absolute atomic E-state index is 0.00542. The van der Waals surface area contributed by atoms with E-state index in [1.807, 2.05) is 35.2 Å². The summed E-state index contributed by atoms with van der Waals surface area (Å²) in [5.74, 6) is 0.811. The minimum atomic E-state index is -0.00542. The van der Waals surface area contributed by atoms with Gasteiger partial charge in [-0.1, -0.05) is 52.3 Å². The maximum absolute atomic E-state index is 12.6. The Morgan fingerprint density at radius 1 is 1.21 bits per heavy atom. The summed E-state index contributed by atoms with van der Waals surface area (Å²) in [6.07, 6.45) is 2.58. The molecule has 0 bridgehead atoms. The summed E-state index contributed by atoms with van der Waals surface area (Å²) in [6, 6.07) is 13.1. The molecule has 10 heteroatoms. The molecule has 0 radical (unpaired) electrons. The van der Waals surface area contributed by atoms with Gasteiger partial charge in [0.25, 0.3) is 11.8 Å². The summed E-state index contributed by atoms with van der Waals surface area (Å²) in [4.78, 5) is 19.5. The smallest absolute Gasteiger partial charge is 0.280 e. The third-order valence-electron chi connectivity index (χ3n) is 4.80. The van der Waals surface area contributed by atoms with Crippen LogP contribution in [0.4, 0.5) is 0 Å². The maximum atomic E-state index is 12.6. The molecule has 4 aromatic rings. The van der Waals surface area contributed by atoms with Crippen LogP contribution in [-0.4, -0.2) is 49.0 Å². The second kappa shape index (κ2) is 7.41. The van der Waals surface area contributed by atoms with Gasteiger partial charge in [0.2, 0.25) is 5.82 Å². The number of rotatable bonds is 4. The summed E-state index contributed by atoms with van der Waals surface area (Å²) in [5.41, 5.74) is 1.38. The van der Waals surface area contributed by atoms with E-state index in [0.29, 0.717) is 39.7 Å². The Balaban J connectivity index is 1.30. The number of nitrogens with zero attached hydrogens (tertiary/aromatic N) is 6. The molecule has 3 aromatic heterocycles. The van der Waals surface area contributed by atoms with Gasteiger partial charge in [0.15, 0.2) is 5.69 Å². The van der Waals surface area contributed by atoms with Crippen LogP contribution in [0.5, 0.6) is 0 Å². The monoisotopic (exact) mass is 426 g/mol. The highest BCUT2D eigenvalue weighted by molar-refractivity contribution is 7.17. The number of likely N-dealkylation sites (tertiary alicyclic amines) is 1. The standard InChI is InChI=1S/C19H15ClN6O2S/c20-16-7-6-15(29-16)19(27)25-9-8-13(10-25)26-11-14(22-24-26)18-21-17(23-28-18)12-4-2-1-3-5-12/h1-7,11,13H,8-10H2/t13-/m0/s1. The number of aromatic nitrogens is 5. The molecule has 1 amide bonds. The average molecular weight is 427 g/mol. The third-order valence-corrected chi connectivity index (χ3v) is 6.02. The molecule has 29 heavy (non-hydrogen) atoms. The van der Waals surface area contributed by atoms with E-state index in [2.05, 4.69) is 20.5 Å². The van der Waals surface area contributed by atoms with Crippen LogP contribution in [0, 0.1) is 0 Å². The van der Waals surface area contributed by atoms with Gasteiger partial charge in [-0.15, -0.1) is 16.4 Å². The topological polar surface area (TPSA) is 89.9 Å². The molecular weight excluding hydrogens is 412 g/mol. The molecule has 4 heterocycles. The Morgan fingerprint density at radius 2 is 2.07 bits per heavy atom. The van der Waals surface area contributed by atoms with E-state index in [-0.39, 0.29) is 11.9 Å². The van der Waals surface area contributed by atoms with Crippen LogP contribution in [0.2, 0.25) is 4.34 Å². The zero-order chi connectivity index (χ0) is 19.8. The first-order chi connectivity index (χ1) is 14.2. The molecule has 0 unspecified atom stereocenters. The highest BCUT2D eigenvalue weighted by atomic mass is 35.5. The molecular formula is C19H15ClN6O2S. The Kier molecular flexibility index (Phi) is 4.61. The molecule has 8 nitrogen and oxygen atoms in total. The van der Waals surface area contributed by atoms with Gasteiger partial charge in [0.05, 0.1) is 21.5 Å². The average Bonchev–Trinajstić information content (AvgIpc) is 3.54. The number of hydrogen-bond donors (Lipinski definition) is 0. The largest absolute Gasteiger partial charge is 0.336 e. The van der Waals surface area contributed by atoms with Gasteiger partial charge in [0, 0.05) is 18.7 Å². The molecule has 1 aliphatic heterocycles. The molecule has 1 atom stereocenters. The molecule has 1 saturated heterocycles. The fraction of sp³-hybridized carbons (Fsp3) is 0.211. The lowest BCUT2D eigenvalue weighted by molar-refractivity contribution is 0.0791. The van der Waals surface area contributed by atoms with Crippen LogP contribution in [0.3, 0.4) is 0 Å². The van der Waals surface area contributed by atoms with Gasteiger partial charge in [-0.25, -0.2) is 4.68 Å². The number of thiophene rings is 1. The Hall–Kier alpha value is -3.04. The summed E-state index contributed by atoms with van der Waals surface area (Å²) in [7, 11) is 0. The summed E-state index contributed by atoms with van der Waals surface area (Å²) in [6.45, 7) is 1.23. The van der Waals surface area contributed by atoms with Crippen LogP contribution >= 0.6 is 22.9 Å². The lowest BCUT2D eigenvalue weighted by Gasteiger charge is -2.15. The second-order valence-corrected chi connectivity index (χ2v) is 8.39. The van der Waals surface area contributed by atoms with Crippen LogP contribution in [-0.2, 0) is 0 Å². The Bertz CT molecular complexity index is 1150. The van der Waals surface area contributed by atoms with Crippen molar-refractivity contribution in [2.75, 3.05) is 13.1 Å². The second-order valence-electron chi connectivity index (χ2n) is 6.67. The van der Waals surface area contributed by atoms with E-state index in [1.165, 1.54) is 11.3 Å². The SMILES string of the molecule is O=C(c1ccc(Cl)s1)N1CC[C@H](n2cc(-c3nc(-c4ccccc4)no3)nn2)C1. The Labute approximate surface area is 174 Å². The number of benzene rings is 1. The lowest BCUT2D eigenvalue weighted by atomic mass is 10.2. The highest BCUT2D eigenvalue weighted by Gasteiger charge is 2.30. The van der Waals surface area contributed by atoms with Crippen molar-refractivity contribution >= 4 is 28.8 Å². The zero-order valence-electron chi connectivity index (χ0n) is 15.1. The summed E-state index contributed by atoms with van der Waals surface area (Å²) in [5, 5.41) is 12.4. The van der Waals surface area contributed by atoms with E-state index in [9.17, 15) is 4.79 Å². The first-order valence-electron chi connectivity index (χ1n) is 9.03. The first kappa shape index (κ1) is 18.0. The molecule has 0 saturated carbocycles. The summed E-state index contributed by atoms with van der Waals surface area (Å²) < 4.78 is 7.72. The molecule has 0 spiro atoms. The van der Waals surface area contributed by atoms with Gasteiger partial charge in [0.1, 0.15) is 0 Å². The Morgan fingerprint density at radius 3 is 2.86 bits per heavy atom. The number of carbonyl (C=O) groups excluding carboxylic acids is 1. The van der Waals surface area contributed by atoms with E-state index in [0.717, 1.165) is 12.0 Å². The quantitative estimate of drug-likeness (QED) is 0.493. The van der Waals surface area contributed by atoms with Crippen LogP contribution in [0.15, 0.2) is 53.2 Å². The number of carbonyl (C=O) groups is 1. The lowest BCUT2D eigenvalue weighted by Crippen LogP contribution is -2.28. The summed E-state index contributed by atoms with van der Waals surface area (Å²) >= 11 is 7.24. The third kappa shape index (κ3) is 3.54. The van der Waals surface area contributed by atoms with Gasteiger partial charge in [-0.2, -0.15) is 4.98 Å². The number of hydrogen-bond acceptors (Lipinski definition) is 7. The fourth-order valence-corrected chi connectivity index (χ4v) is 4.32.